The van der Waals surface area contributed by atoms with Crippen LogP contribution in [0.5, 0.6) is 0 Å². The fourth-order valence-electron chi connectivity index (χ4n) is 4.32. The number of hydrogen-bond donors (Lipinski definition) is 1. The Balaban J connectivity index is 1.87. The molecule has 8 heteroatoms. The lowest BCUT2D eigenvalue weighted by molar-refractivity contribution is 0.0527. The van der Waals surface area contributed by atoms with E-state index in [1.54, 1.807) is 20.8 Å². The number of anilines is 1. The predicted molar refractivity (Wildman–Crippen MR) is 107 cm³/mol. The highest BCUT2D eigenvalue weighted by molar-refractivity contribution is 7.18. The number of thiophene rings is 1. The molecule has 154 valence electrons. The number of likely N-dealkylation sites (tertiary alicyclic amines) is 1. The summed E-state index contributed by atoms with van der Waals surface area (Å²) in [6, 6.07) is 0.0594. The standard InChI is InChI=1S/C20H28N2O5S/c1-4-26-18(23)15-12(3)16(19(24)27-5-2)28-17(15)21-20(25)22-11-7-9-13-8-6-10-14(13)22/h13-14H,4-11H2,1-3H3,(H,21,25)/t13-,14+/m1/s1. The van der Waals surface area contributed by atoms with Crippen LogP contribution in [0.15, 0.2) is 0 Å². The number of nitrogens with one attached hydrogen (secondary N) is 1. The van der Waals surface area contributed by atoms with Crippen LogP contribution in [0.4, 0.5) is 9.80 Å². The minimum atomic E-state index is -0.542. The summed E-state index contributed by atoms with van der Waals surface area (Å²) in [6.45, 7) is 6.30. The number of hydrogen-bond acceptors (Lipinski definition) is 6. The highest BCUT2D eigenvalue weighted by Gasteiger charge is 2.38. The number of carbonyl (C=O) groups excluding carboxylic acids is 3. The molecule has 28 heavy (non-hydrogen) atoms. The minimum absolute atomic E-state index is 0.209. The van der Waals surface area contributed by atoms with Gasteiger partial charge in [0.25, 0.3) is 0 Å². The van der Waals surface area contributed by atoms with Crippen molar-refractivity contribution in [2.45, 2.75) is 58.9 Å². The summed E-state index contributed by atoms with van der Waals surface area (Å²) in [5, 5.41) is 3.24. The lowest BCUT2D eigenvalue weighted by Gasteiger charge is -2.37. The van der Waals surface area contributed by atoms with Crippen molar-refractivity contribution in [3.63, 3.8) is 0 Å². The van der Waals surface area contributed by atoms with Crippen molar-refractivity contribution in [1.82, 2.24) is 4.90 Å². The summed E-state index contributed by atoms with van der Waals surface area (Å²) in [7, 11) is 0. The van der Waals surface area contributed by atoms with Gasteiger partial charge in [-0.1, -0.05) is 6.42 Å². The Morgan fingerprint density at radius 1 is 1.07 bits per heavy atom. The Kier molecular flexibility index (Phi) is 6.59. The Bertz CT molecular complexity index is 760. The zero-order valence-corrected chi connectivity index (χ0v) is 17.5. The molecule has 1 aliphatic carbocycles. The molecule has 0 radical (unpaired) electrons. The van der Waals surface area contributed by atoms with Gasteiger partial charge >= 0.3 is 18.0 Å². The van der Waals surface area contributed by atoms with Crippen molar-refractivity contribution in [2.75, 3.05) is 25.1 Å². The first-order chi connectivity index (χ1) is 13.5. The van der Waals surface area contributed by atoms with E-state index in [1.807, 2.05) is 4.90 Å². The lowest BCUT2D eigenvalue weighted by atomic mass is 9.92. The molecule has 1 aliphatic heterocycles. The van der Waals surface area contributed by atoms with Crippen LogP contribution in [0.25, 0.3) is 0 Å². The molecule has 2 fully saturated rings. The molecule has 0 unspecified atom stereocenters. The van der Waals surface area contributed by atoms with E-state index in [0.29, 0.717) is 21.4 Å². The number of ether oxygens (including phenoxy) is 2. The van der Waals surface area contributed by atoms with Crippen molar-refractivity contribution in [3.8, 4) is 0 Å². The molecular formula is C20H28N2O5S. The van der Waals surface area contributed by atoms with E-state index in [0.717, 1.165) is 37.1 Å². The van der Waals surface area contributed by atoms with Crippen LogP contribution in [0, 0.1) is 12.8 Å². The Labute approximate surface area is 169 Å². The quantitative estimate of drug-likeness (QED) is 0.738. The maximum absolute atomic E-state index is 13.0. The fourth-order valence-corrected chi connectivity index (χ4v) is 5.40. The average molecular weight is 409 g/mol. The fraction of sp³-hybridized carbons (Fsp3) is 0.650. The van der Waals surface area contributed by atoms with Gasteiger partial charge in [-0.2, -0.15) is 0 Å². The zero-order valence-electron chi connectivity index (χ0n) is 16.7. The number of fused-ring (bicyclic) bond motifs is 1. The molecule has 0 bridgehead atoms. The molecule has 1 saturated heterocycles. The molecule has 7 nitrogen and oxygen atoms in total. The van der Waals surface area contributed by atoms with Gasteiger partial charge in [-0.15, -0.1) is 11.3 Å². The molecule has 1 saturated carbocycles. The van der Waals surface area contributed by atoms with Crippen LogP contribution in [0.1, 0.15) is 71.5 Å². The van der Waals surface area contributed by atoms with Gasteiger partial charge in [0, 0.05) is 12.6 Å². The van der Waals surface area contributed by atoms with Gasteiger partial charge < -0.3 is 14.4 Å². The lowest BCUT2D eigenvalue weighted by Crippen LogP contribution is -2.48. The minimum Gasteiger partial charge on any atom is -0.462 e. The second kappa shape index (κ2) is 8.94. The molecule has 0 spiro atoms. The molecular weight excluding hydrogens is 380 g/mol. The first kappa shape index (κ1) is 20.6. The number of piperidine rings is 1. The Hall–Kier alpha value is -2.09. The van der Waals surface area contributed by atoms with Gasteiger partial charge in [-0.05, 0) is 57.9 Å². The van der Waals surface area contributed by atoms with E-state index in [2.05, 4.69) is 5.32 Å². The van der Waals surface area contributed by atoms with Gasteiger partial charge in [-0.3, -0.25) is 5.32 Å². The normalized spacial score (nSPS) is 21.2. The highest BCUT2D eigenvalue weighted by Crippen LogP contribution is 2.38. The van der Waals surface area contributed by atoms with Crippen LogP contribution >= 0.6 is 11.3 Å². The van der Waals surface area contributed by atoms with Gasteiger partial charge in [-0.25, -0.2) is 14.4 Å². The molecule has 1 aromatic heterocycles. The topological polar surface area (TPSA) is 84.9 Å². The van der Waals surface area contributed by atoms with E-state index in [4.69, 9.17) is 9.47 Å². The third-order valence-corrected chi connectivity index (χ3v) is 6.75. The molecule has 2 atom stereocenters. The SMILES string of the molecule is CCOC(=O)c1sc(NC(=O)N2CCC[C@H]3CCC[C@@H]32)c(C(=O)OCC)c1C. The summed E-state index contributed by atoms with van der Waals surface area (Å²) in [4.78, 5) is 40.0. The number of urea groups is 1. The summed E-state index contributed by atoms with van der Waals surface area (Å²) in [5.41, 5.74) is 0.720. The van der Waals surface area contributed by atoms with Crippen molar-refractivity contribution in [1.29, 1.82) is 0 Å². The molecule has 0 aromatic carbocycles. The van der Waals surface area contributed by atoms with E-state index in [-0.39, 0.29) is 30.9 Å². The Morgan fingerprint density at radius 2 is 1.75 bits per heavy atom. The smallest absolute Gasteiger partial charge is 0.348 e. The maximum atomic E-state index is 13.0. The predicted octanol–water partition coefficient (Wildman–Crippen LogP) is 4.21. The molecule has 2 amide bonds. The largest absolute Gasteiger partial charge is 0.462 e. The maximum Gasteiger partial charge on any atom is 0.348 e. The van der Waals surface area contributed by atoms with Crippen LogP contribution < -0.4 is 5.32 Å². The number of nitrogens with zero attached hydrogens (tertiary/aromatic N) is 1. The van der Waals surface area contributed by atoms with Gasteiger partial charge in [0.05, 0.1) is 18.8 Å². The second-order valence-corrected chi connectivity index (χ2v) is 8.25. The average Bonchev–Trinajstić information content (AvgIpc) is 3.26. The van der Waals surface area contributed by atoms with Crippen molar-refractivity contribution in [3.05, 3.63) is 16.0 Å². The van der Waals surface area contributed by atoms with Gasteiger partial charge in [0.15, 0.2) is 0 Å². The monoisotopic (exact) mass is 408 g/mol. The highest BCUT2D eigenvalue weighted by atomic mass is 32.1. The number of rotatable bonds is 5. The van der Waals surface area contributed by atoms with Crippen LogP contribution in [-0.2, 0) is 9.47 Å². The van der Waals surface area contributed by atoms with Gasteiger partial charge in [0.1, 0.15) is 9.88 Å². The Morgan fingerprint density at radius 3 is 2.46 bits per heavy atom. The summed E-state index contributed by atoms with van der Waals surface area (Å²) < 4.78 is 10.2. The van der Waals surface area contributed by atoms with Crippen molar-refractivity contribution < 1.29 is 23.9 Å². The first-order valence-corrected chi connectivity index (χ1v) is 10.8. The molecule has 2 heterocycles. The first-order valence-electron chi connectivity index (χ1n) is 10.0. The molecule has 1 N–H and O–H groups in total. The molecule has 2 aliphatic rings. The molecule has 3 rings (SSSR count). The zero-order chi connectivity index (χ0) is 20.3. The third kappa shape index (κ3) is 4.01. The summed E-state index contributed by atoms with van der Waals surface area (Å²) >= 11 is 1.07. The number of carbonyl (C=O) groups is 3. The summed E-state index contributed by atoms with van der Waals surface area (Å²) in [6.07, 6.45) is 5.52. The number of esters is 2. The van der Waals surface area contributed by atoms with Crippen LogP contribution in [0.3, 0.4) is 0 Å². The van der Waals surface area contributed by atoms with E-state index >= 15 is 0 Å². The van der Waals surface area contributed by atoms with Crippen molar-refractivity contribution in [2.24, 2.45) is 5.92 Å². The number of amides is 2. The summed E-state index contributed by atoms with van der Waals surface area (Å²) in [5.74, 6) is -0.464. The van der Waals surface area contributed by atoms with Crippen LogP contribution in [0.2, 0.25) is 0 Å². The van der Waals surface area contributed by atoms with Gasteiger partial charge in [0.2, 0.25) is 0 Å². The van der Waals surface area contributed by atoms with E-state index in [1.165, 1.54) is 12.8 Å². The van der Waals surface area contributed by atoms with Crippen molar-refractivity contribution >= 4 is 34.3 Å². The van der Waals surface area contributed by atoms with E-state index in [9.17, 15) is 14.4 Å². The van der Waals surface area contributed by atoms with Crippen LogP contribution in [-0.4, -0.2) is 48.7 Å². The second-order valence-electron chi connectivity index (χ2n) is 7.23. The third-order valence-electron chi connectivity index (χ3n) is 5.56. The van der Waals surface area contributed by atoms with E-state index < -0.39 is 11.9 Å². The molecule has 1 aromatic rings.